The second-order valence-electron chi connectivity index (χ2n) is 3.31. The van der Waals surface area contributed by atoms with Crippen LogP contribution in [0.4, 0.5) is 4.39 Å². The molecule has 1 N–H and O–H groups in total. The smallest absolute Gasteiger partial charge is 0.254 e. The van der Waals surface area contributed by atoms with E-state index >= 15 is 0 Å². The molecule has 2 nitrogen and oxygen atoms in total. The Hall–Kier alpha value is -1.09. The summed E-state index contributed by atoms with van der Waals surface area (Å²) >= 11 is 5.71. The summed E-state index contributed by atoms with van der Waals surface area (Å²) in [7, 11) is 0. The van der Waals surface area contributed by atoms with Crippen LogP contribution >= 0.6 is 11.6 Å². The molecule has 0 aliphatic carbocycles. The Kier molecular flexibility index (Phi) is 4.56. The summed E-state index contributed by atoms with van der Waals surface area (Å²) in [5.74, 6) is -0.903. The Morgan fingerprint density at radius 3 is 2.80 bits per heavy atom. The van der Waals surface area contributed by atoms with Crippen LogP contribution in [-0.4, -0.2) is 17.8 Å². The minimum atomic E-state index is -0.506. The van der Waals surface area contributed by atoms with E-state index in [1.807, 2.05) is 6.92 Å². The highest BCUT2D eigenvalue weighted by Crippen LogP contribution is 2.06. The maximum Gasteiger partial charge on any atom is 0.254 e. The lowest BCUT2D eigenvalue weighted by molar-refractivity contribution is 0.0949. The number of hydrogen-bond donors (Lipinski definition) is 1. The van der Waals surface area contributed by atoms with E-state index in [0.29, 0.717) is 13.0 Å². The van der Waals surface area contributed by atoms with E-state index in [4.69, 9.17) is 11.6 Å². The van der Waals surface area contributed by atoms with E-state index in [9.17, 15) is 9.18 Å². The van der Waals surface area contributed by atoms with Crippen LogP contribution in [0.15, 0.2) is 24.3 Å². The lowest BCUT2D eigenvalue weighted by atomic mass is 10.2. The third kappa shape index (κ3) is 3.88. The van der Waals surface area contributed by atoms with E-state index in [0.717, 1.165) is 0 Å². The molecular formula is C11H13ClFNO. The summed E-state index contributed by atoms with van der Waals surface area (Å²) in [4.78, 5) is 11.5. The van der Waals surface area contributed by atoms with Crippen LogP contribution in [-0.2, 0) is 0 Å². The van der Waals surface area contributed by atoms with Gasteiger partial charge in [-0.1, -0.05) is 12.1 Å². The Labute approximate surface area is 93.4 Å². The molecule has 0 aliphatic heterocycles. The minimum Gasteiger partial charge on any atom is -0.352 e. The highest BCUT2D eigenvalue weighted by Gasteiger charge is 2.09. The average molecular weight is 230 g/mol. The van der Waals surface area contributed by atoms with Crippen molar-refractivity contribution in [1.29, 1.82) is 0 Å². The van der Waals surface area contributed by atoms with Gasteiger partial charge in [0, 0.05) is 11.9 Å². The number of hydrogen-bond acceptors (Lipinski definition) is 1. The van der Waals surface area contributed by atoms with Gasteiger partial charge in [0.25, 0.3) is 5.91 Å². The largest absolute Gasteiger partial charge is 0.352 e. The molecular weight excluding hydrogens is 217 g/mol. The molecule has 1 aromatic carbocycles. The molecule has 82 valence electrons. The van der Waals surface area contributed by atoms with Crippen LogP contribution in [0.2, 0.25) is 0 Å². The summed E-state index contributed by atoms with van der Waals surface area (Å²) in [6.45, 7) is 2.30. The van der Waals surface area contributed by atoms with Crippen LogP contribution in [0.3, 0.4) is 0 Å². The van der Waals surface area contributed by atoms with Gasteiger partial charge in [-0.3, -0.25) is 4.79 Å². The molecule has 1 amide bonds. The summed E-state index contributed by atoms with van der Waals surface area (Å²) in [6, 6.07) is 5.89. The van der Waals surface area contributed by atoms with Crippen molar-refractivity contribution < 1.29 is 9.18 Å². The zero-order valence-electron chi connectivity index (χ0n) is 8.47. The van der Waals surface area contributed by atoms with Crippen LogP contribution in [0.1, 0.15) is 23.7 Å². The molecule has 0 fully saturated rings. The molecule has 0 aromatic heterocycles. The number of carbonyl (C=O) groups excluding carboxylic acids is 1. The second kappa shape index (κ2) is 5.71. The Bertz CT molecular complexity index is 341. The SMILES string of the molecule is CC(Cl)CCNC(=O)c1ccccc1F. The number of halogens is 2. The van der Waals surface area contributed by atoms with Crippen molar-refractivity contribution in [2.75, 3.05) is 6.54 Å². The van der Waals surface area contributed by atoms with Crippen LogP contribution in [0.5, 0.6) is 0 Å². The second-order valence-corrected chi connectivity index (χ2v) is 4.05. The molecule has 0 saturated carbocycles. The van der Waals surface area contributed by atoms with Crippen molar-refractivity contribution in [3.63, 3.8) is 0 Å². The van der Waals surface area contributed by atoms with Gasteiger partial charge in [0.05, 0.1) is 5.56 Å². The van der Waals surface area contributed by atoms with Crippen LogP contribution in [0, 0.1) is 5.82 Å². The molecule has 1 unspecified atom stereocenters. The average Bonchev–Trinajstić information content (AvgIpc) is 2.17. The fraction of sp³-hybridized carbons (Fsp3) is 0.364. The quantitative estimate of drug-likeness (QED) is 0.790. The maximum atomic E-state index is 13.1. The summed E-state index contributed by atoms with van der Waals surface area (Å²) < 4.78 is 13.1. The number of benzene rings is 1. The monoisotopic (exact) mass is 229 g/mol. The van der Waals surface area contributed by atoms with Crippen molar-refractivity contribution >= 4 is 17.5 Å². The van der Waals surface area contributed by atoms with E-state index < -0.39 is 11.7 Å². The van der Waals surface area contributed by atoms with Gasteiger partial charge in [-0.15, -0.1) is 11.6 Å². The van der Waals surface area contributed by atoms with Crippen molar-refractivity contribution in [2.24, 2.45) is 0 Å². The molecule has 0 saturated heterocycles. The van der Waals surface area contributed by atoms with Gasteiger partial charge >= 0.3 is 0 Å². The first-order chi connectivity index (χ1) is 7.11. The van der Waals surface area contributed by atoms with Gasteiger partial charge in [-0.25, -0.2) is 4.39 Å². The lowest BCUT2D eigenvalue weighted by Gasteiger charge is -2.06. The van der Waals surface area contributed by atoms with Crippen molar-refractivity contribution in [3.05, 3.63) is 35.6 Å². The molecule has 0 spiro atoms. The normalized spacial score (nSPS) is 12.2. The molecule has 1 atom stereocenters. The van der Waals surface area contributed by atoms with Gasteiger partial charge in [0.15, 0.2) is 0 Å². The van der Waals surface area contributed by atoms with Gasteiger partial charge < -0.3 is 5.32 Å². The topological polar surface area (TPSA) is 29.1 Å². The fourth-order valence-corrected chi connectivity index (χ4v) is 1.23. The van der Waals surface area contributed by atoms with Gasteiger partial charge in [0.2, 0.25) is 0 Å². The maximum absolute atomic E-state index is 13.1. The van der Waals surface area contributed by atoms with E-state index in [1.165, 1.54) is 12.1 Å². The molecule has 1 aromatic rings. The first-order valence-electron chi connectivity index (χ1n) is 4.78. The first-order valence-corrected chi connectivity index (χ1v) is 5.21. The summed E-state index contributed by atoms with van der Waals surface area (Å²) in [5, 5.41) is 2.61. The lowest BCUT2D eigenvalue weighted by Crippen LogP contribution is -2.26. The predicted octanol–water partition coefficient (Wildman–Crippen LogP) is 2.57. The van der Waals surface area contributed by atoms with Gasteiger partial charge in [-0.2, -0.15) is 0 Å². The number of carbonyl (C=O) groups is 1. The standard InChI is InChI=1S/C11H13ClFNO/c1-8(12)6-7-14-11(15)9-4-2-3-5-10(9)13/h2-5,8H,6-7H2,1H3,(H,14,15). The summed E-state index contributed by atoms with van der Waals surface area (Å²) in [5.41, 5.74) is 0.0692. The third-order valence-electron chi connectivity index (χ3n) is 1.95. The minimum absolute atomic E-state index is 0.00548. The van der Waals surface area contributed by atoms with Crippen molar-refractivity contribution in [2.45, 2.75) is 18.7 Å². The number of nitrogens with one attached hydrogen (secondary N) is 1. The Balaban J connectivity index is 2.51. The zero-order chi connectivity index (χ0) is 11.3. The molecule has 1 rings (SSSR count). The van der Waals surface area contributed by atoms with Crippen LogP contribution in [0.25, 0.3) is 0 Å². The van der Waals surface area contributed by atoms with E-state index in [-0.39, 0.29) is 10.9 Å². The third-order valence-corrected chi connectivity index (χ3v) is 2.16. The molecule has 0 heterocycles. The Morgan fingerprint density at radius 1 is 1.53 bits per heavy atom. The fourth-order valence-electron chi connectivity index (χ4n) is 1.13. The molecule has 0 aliphatic rings. The van der Waals surface area contributed by atoms with Crippen molar-refractivity contribution in [3.8, 4) is 0 Å². The molecule has 4 heteroatoms. The first kappa shape index (κ1) is 12.0. The number of alkyl halides is 1. The Morgan fingerprint density at radius 2 is 2.20 bits per heavy atom. The summed E-state index contributed by atoms with van der Waals surface area (Å²) in [6.07, 6.45) is 0.668. The van der Waals surface area contributed by atoms with Gasteiger partial charge in [-0.05, 0) is 25.5 Å². The van der Waals surface area contributed by atoms with E-state index in [1.54, 1.807) is 12.1 Å². The van der Waals surface area contributed by atoms with Crippen molar-refractivity contribution in [1.82, 2.24) is 5.32 Å². The number of rotatable bonds is 4. The van der Waals surface area contributed by atoms with E-state index in [2.05, 4.69) is 5.32 Å². The molecule has 0 radical (unpaired) electrons. The predicted molar refractivity (Wildman–Crippen MR) is 58.7 cm³/mol. The number of amides is 1. The highest BCUT2D eigenvalue weighted by molar-refractivity contribution is 6.20. The molecule has 15 heavy (non-hydrogen) atoms. The van der Waals surface area contributed by atoms with Gasteiger partial charge in [0.1, 0.15) is 5.82 Å². The van der Waals surface area contributed by atoms with Crippen LogP contribution < -0.4 is 5.32 Å². The molecule has 0 bridgehead atoms. The zero-order valence-corrected chi connectivity index (χ0v) is 9.22. The highest BCUT2D eigenvalue weighted by atomic mass is 35.5.